The SMILES string of the molecule is COC(=O)CC[C@H](NC(=O)c1ccc(Cl)c(F)c1)C(=O)O. The van der Waals surface area contributed by atoms with Crippen LogP contribution in [0.2, 0.25) is 5.02 Å². The topological polar surface area (TPSA) is 92.7 Å². The lowest BCUT2D eigenvalue weighted by Crippen LogP contribution is -2.41. The van der Waals surface area contributed by atoms with Gasteiger partial charge in [-0.25, -0.2) is 9.18 Å². The van der Waals surface area contributed by atoms with Gasteiger partial charge in [0.25, 0.3) is 5.91 Å². The zero-order valence-corrected chi connectivity index (χ0v) is 11.8. The molecule has 0 heterocycles. The molecule has 0 aliphatic carbocycles. The van der Waals surface area contributed by atoms with Gasteiger partial charge in [-0.15, -0.1) is 0 Å². The average molecular weight is 318 g/mol. The molecule has 0 saturated carbocycles. The largest absolute Gasteiger partial charge is 0.480 e. The number of ether oxygens (including phenoxy) is 1. The highest BCUT2D eigenvalue weighted by Gasteiger charge is 2.22. The first kappa shape index (κ1) is 16.9. The van der Waals surface area contributed by atoms with Crippen molar-refractivity contribution in [1.82, 2.24) is 5.32 Å². The van der Waals surface area contributed by atoms with Gasteiger partial charge in [-0.3, -0.25) is 9.59 Å². The number of carboxylic acids is 1. The smallest absolute Gasteiger partial charge is 0.326 e. The summed E-state index contributed by atoms with van der Waals surface area (Å²) < 4.78 is 17.6. The van der Waals surface area contributed by atoms with Crippen molar-refractivity contribution in [2.75, 3.05) is 7.11 Å². The van der Waals surface area contributed by atoms with Crippen molar-refractivity contribution in [3.63, 3.8) is 0 Å². The van der Waals surface area contributed by atoms with Gasteiger partial charge in [0.2, 0.25) is 0 Å². The van der Waals surface area contributed by atoms with Gasteiger partial charge in [-0.05, 0) is 24.6 Å². The minimum atomic E-state index is -1.30. The summed E-state index contributed by atoms with van der Waals surface area (Å²) in [6.45, 7) is 0. The Morgan fingerprint density at radius 2 is 2.10 bits per heavy atom. The third-order valence-corrected chi connectivity index (χ3v) is 2.96. The predicted octanol–water partition coefficient (Wildman–Crippen LogP) is 1.62. The van der Waals surface area contributed by atoms with E-state index in [4.69, 9.17) is 16.7 Å². The molecule has 0 radical (unpaired) electrons. The molecular formula is C13H13ClFNO5. The van der Waals surface area contributed by atoms with E-state index >= 15 is 0 Å². The van der Waals surface area contributed by atoms with Crippen molar-refractivity contribution in [1.29, 1.82) is 0 Å². The second kappa shape index (κ2) is 7.58. The number of carboxylic acid groups (broad SMARTS) is 1. The van der Waals surface area contributed by atoms with Gasteiger partial charge in [0.1, 0.15) is 11.9 Å². The van der Waals surface area contributed by atoms with Crippen molar-refractivity contribution >= 4 is 29.4 Å². The van der Waals surface area contributed by atoms with Crippen LogP contribution in [0.15, 0.2) is 18.2 Å². The van der Waals surface area contributed by atoms with E-state index in [-0.39, 0.29) is 23.4 Å². The number of benzene rings is 1. The van der Waals surface area contributed by atoms with E-state index in [1.54, 1.807) is 0 Å². The Kier molecular flexibility index (Phi) is 6.10. The Labute approximate surface area is 124 Å². The molecule has 0 unspecified atom stereocenters. The second-order valence-corrected chi connectivity index (χ2v) is 4.52. The fraction of sp³-hybridized carbons (Fsp3) is 0.308. The molecule has 0 bridgehead atoms. The van der Waals surface area contributed by atoms with E-state index in [1.807, 2.05) is 0 Å². The van der Waals surface area contributed by atoms with Crippen LogP contribution in [0.5, 0.6) is 0 Å². The summed E-state index contributed by atoms with van der Waals surface area (Å²) >= 11 is 5.49. The van der Waals surface area contributed by atoms with Gasteiger partial charge in [0, 0.05) is 12.0 Å². The standard InChI is InChI=1S/C13H13ClFNO5/c1-21-11(17)5-4-10(13(19)20)16-12(18)7-2-3-8(14)9(15)6-7/h2-3,6,10H,4-5H2,1H3,(H,16,18)(H,19,20)/t10-/m0/s1. The molecule has 8 heteroatoms. The lowest BCUT2D eigenvalue weighted by molar-refractivity contribution is -0.142. The molecule has 21 heavy (non-hydrogen) atoms. The van der Waals surface area contributed by atoms with Crippen molar-refractivity contribution < 1.29 is 28.6 Å². The minimum absolute atomic E-state index is 0.0683. The molecule has 2 N–H and O–H groups in total. The number of nitrogens with one attached hydrogen (secondary N) is 1. The van der Waals surface area contributed by atoms with Gasteiger partial charge in [0.15, 0.2) is 0 Å². The van der Waals surface area contributed by atoms with E-state index in [1.165, 1.54) is 19.2 Å². The summed E-state index contributed by atoms with van der Waals surface area (Å²) in [6.07, 6.45) is -0.299. The Bertz CT molecular complexity index is 563. The average Bonchev–Trinajstić information content (AvgIpc) is 2.45. The summed E-state index contributed by atoms with van der Waals surface area (Å²) in [7, 11) is 1.17. The molecule has 114 valence electrons. The van der Waals surface area contributed by atoms with Gasteiger partial charge in [-0.1, -0.05) is 11.6 Å². The molecule has 6 nitrogen and oxygen atoms in total. The molecule has 1 aromatic carbocycles. The van der Waals surface area contributed by atoms with Crippen LogP contribution in [0.25, 0.3) is 0 Å². The predicted molar refractivity (Wildman–Crippen MR) is 71.6 cm³/mol. The molecule has 1 atom stereocenters. The highest BCUT2D eigenvalue weighted by Crippen LogP contribution is 2.15. The lowest BCUT2D eigenvalue weighted by atomic mass is 10.1. The number of hydrogen-bond donors (Lipinski definition) is 2. The summed E-state index contributed by atoms with van der Waals surface area (Å²) in [5.74, 6) is -3.46. The Hall–Kier alpha value is -2.15. The Morgan fingerprint density at radius 1 is 1.43 bits per heavy atom. The number of hydrogen-bond acceptors (Lipinski definition) is 4. The number of esters is 1. The molecule has 1 amide bonds. The van der Waals surface area contributed by atoms with Crippen LogP contribution in [0.1, 0.15) is 23.2 Å². The van der Waals surface area contributed by atoms with Crippen LogP contribution in [-0.4, -0.2) is 36.1 Å². The maximum atomic E-state index is 13.2. The molecule has 0 aliphatic heterocycles. The monoisotopic (exact) mass is 317 g/mol. The molecule has 0 saturated heterocycles. The van der Waals surface area contributed by atoms with Crippen LogP contribution < -0.4 is 5.32 Å². The third kappa shape index (κ3) is 5.03. The van der Waals surface area contributed by atoms with Crippen molar-refractivity contribution in [2.24, 2.45) is 0 Å². The molecule has 1 rings (SSSR count). The number of carbonyl (C=O) groups excluding carboxylic acids is 2. The van der Waals surface area contributed by atoms with Crippen molar-refractivity contribution in [3.05, 3.63) is 34.6 Å². The van der Waals surface area contributed by atoms with E-state index in [2.05, 4.69) is 10.1 Å². The molecule has 0 fully saturated rings. The maximum absolute atomic E-state index is 13.2. The van der Waals surface area contributed by atoms with Crippen molar-refractivity contribution in [3.8, 4) is 0 Å². The van der Waals surface area contributed by atoms with Crippen LogP contribution in [0.4, 0.5) is 4.39 Å². The summed E-state index contributed by atoms with van der Waals surface area (Å²) in [5, 5.41) is 11.0. The van der Waals surface area contributed by atoms with E-state index in [0.717, 1.165) is 6.07 Å². The van der Waals surface area contributed by atoms with Gasteiger partial charge in [-0.2, -0.15) is 0 Å². The normalized spacial score (nSPS) is 11.6. The van der Waals surface area contributed by atoms with Crippen molar-refractivity contribution in [2.45, 2.75) is 18.9 Å². The molecule has 0 spiro atoms. The maximum Gasteiger partial charge on any atom is 0.326 e. The molecule has 0 aliphatic rings. The Balaban J connectivity index is 2.74. The van der Waals surface area contributed by atoms with E-state index < -0.39 is 29.7 Å². The lowest BCUT2D eigenvalue weighted by Gasteiger charge is -2.14. The summed E-state index contributed by atoms with van der Waals surface area (Å²) in [5.41, 5.74) is -0.0683. The Morgan fingerprint density at radius 3 is 2.62 bits per heavy atom. The number of amides is 1. The molecule has 1 aromatic rings. The highest BCUT2D eigenvalue weighted by atomic mass is 35.5. The van der Waals surface area contributed by atoms with Crippen LogP contribution >= 0.6 is 11.6 Å². The summed E-state index contributed by atoms with van der Waals surface area (Å²) in [6, 6.07) is 2.07. The first-order valence-corrected chi connectivity index (χ1v) is 6.28. The highest BCUT2D eigenvalue weighted by molar-refractivity contribution is 6.30. The van der Waals surface area contributed by atoms with E-state index in [9.17, 15) is 18.8 Å². The van der Waals surface area contributed by atoms with Crippen LogP contribution in [0, 0.1) is 5.82 Å². The first-order chi connectivity index (χ1) is 9.85. The fourth-order valence-electron chi connectivity index (χ4n) is 1.50. The van der Waals surface area contributed by atoms with Crippen LogP contribution in [-0.2, 0) is 14.3 Å². The number of rotatable bonds is 6. The number of methoxy groups -OCH3 is 1. The van der Waals surface area contributed by atoms with Gasteiger partial charge >= 0.3 is 11.9 Å². The number of aliphatic carboxylic acids is 1. The van der Waals surface area contributed by atoms with Crippen LogP contribution in [0.3, 0.4) is 0 Å². The van der Waals surface area contributed by atoms with Gasteiger partial charge in [0.05, 0.1) is 12.1 Å². The zero-order valence-electron chi connectivity index (χ0n) is 11.1. The van der Waals surface area contributed by atoms with Gasteiger partial charge < -0.3 is 15.2 Å². The number of halogens is 2. The fourth-order valence-corrected chi connectivity index (χ4v) is 1.62. The first-order valence-electron chi connectivity index (χ1n) is 5.90. The van der Waals surface area contributed by atoms with E-state index in [0.29, 0.717) is 0 Å². The number of carbonyl (C=O) groups is 3. The second-order valence-electron chi connectivity index (χ2n) is 4.11. The molecule has 0 aromatic heterocycles. The zero-order chi connectivity index (χ0) is 16.0. The third-order valence-electron chi connectivity index (χ3n) is 2.65. The summed E-state index contributed by atoms with van der Waals surface area (Å²) in [4.78, 5) is 33.8. The quantitative estimate of drug-likeness (QED) is 0.778. The molecular weight excluding hydrogens is 305 g/mol. The minimum Gasteiger partial charge on any atom is -0.480 e.